The molecule has 7 nitrogen and oxygen atoms in total. The van der Waals surface area contributed by atoms with Crippen LogP contribution < -0.4 is 0 Å². The summed E-state index contributed by atoms with van der Waals surface area (Å²) in [6, 6.07) is 77.6. The Morgan fingerprint density at radius 1 is 0.265 bits per heavy atom. The molecule has 0 N–H and O–H groups in total. The van der Waals surface area contributed by atoms with Gasteiger partial charge in [-0.15, -0.1) is 11.3 Å². The van der Waals surface area contributed by atoms with Crippen LogP contribution in [0.3, 0.4) is 0 Å². The molecule has 0 saturated carbocycles. The third-order valence-electron chi connectivity index (χ3n) is 12.5. The topological polar surface area (TPSA) is 82.3 Å². The first-order chi connectivity index (χ1) is 33.7. The Balaban J connectivity index is 1.06. The molecular formula is C60H37N7S. The number of thiophene rings is 1. The summed E-state index contributed by atoms with van der Waals surface area (Å²) in [6.07, 6.45) is 0. The first kappa shape index (κ1) is 39.4. The first-order valence-corrected chi connectivity index (χ1v) is 23.3. The van der Waals surface area contributed by atoms with E-state index < -0.39 is 0 Å². The van der Waals surface area contributed by atoms with Crippen molar-refractivity contribution in [2.24, 2.45) is 0 Å². The van der Waals surface area contributed by atoms with Gasteiger partial charge in [-0.2, -0.15) is 0 Å². The fraction of sp³-hybridized carbons (Fsp3) is 0. The largest absolute Gasteiger partial charge is 0.309 e. The van der Waals surface area contributed by atoms with Crippen LogP contribution in [0.4, 0.5) is 0 Å². The minimum Gasteiger partial charge on any atom is -0.309 e. The van der Waals surface area contributed by atoms with Crippen LogP contribution in [0.2, 0.25) is 0 Å². The molecule has 0 atom stereocenters. The molecule has 0 spiro atoms. The molecule has 0 saturated heterocycles. The number of hydrogen-bond donors (Lipinski definition) is 0. The zero-order valence-electron chi connectivity index (χ0n) is 36.4. The van der Waals surface area contributed by atoms with E-state index in [1.54, 1.807) is 11.3 Å². The van der Waals surface area contributed by atoms with E-state index in [1.807, 2.05) is 91.0 Å². The molecule has 8 heteroatoms. The van der Waals surface area contributed by atoms with E-state index in [1.165, 1.54) is 30.9 Å². The van der Waals surface area contributed by atoms with Crippen LogP contribution >= 0.6 is 11.3 Å². The van der Waals surface area contributed by atoms with Gasteiger partial charge in [0.05, 0.1) is 11.0 Å². The molecule has 0 aliphatic heterocycles. The lowest BCUT2D eigenvalue weighted by Gasteiger charge is -2.15. The normalized spacial score (nSPS) is 11.5. The van der Waals surface area contributed by atoms with Gasteiger partial charge in [0, 0.05) is 70.0 Å². The zero-order chi connectivity index (χ0) is 45.0. The number of fused-ring (bicyclic) bond motifs is 6. The van der Waals surface area contributed by atoms with E-state index in [0.29, 0.717) is 34.9 Å². The minimum atomic E-state index is 0.533. The average molecular weight is 888 g/mol. The van der Waals surface area contributed by atoms with Gasteiger partial charge in [-0.25, -0.2) is 29.9 Å². The molecule has 13 rings (SSSR count). The molecule has 9 aromatic carbocycles. The van der Waals surface area contributed by atoms with Crippen LogP contribution in [0.15, 0.2) is 224 Å². The Morgan fingerprint density at radius 2 is 0.721 bits per heavy atom. The Kier molecular flexibility index (Phi) is 9.54. The maximum absolute atomic E-state index is 5.28. The summed E-state index contributed by atoms with van der Waals surface area (Å²) in [4.78, 5) is 31.2. The van der Waals surface area contributed by atoms with Gasteiger partial charge in [-0.05, 0) is 65.7 Å². The first-order valence-electron chi connectivity index (χ1n) is 22.5. The van der Waals surface area contributed by atoms with Crippen LogP contribution in [-0.2, 0) is 0 Å². The third-order valence-corrected chi connectivity index (χ3v) is 13.7. The number of benzene rings is 9. The van der Waals surface area contributed by atoms with Gasteiger partial charge in [0.1, 0.15) is 0 Å². The van der Waals surface area contributed by atoms with Crippen LogP contribution in [0.1, 0.15) is 0 Å². The van der Waals surface area contributed by atoms with Crippen molar-refractivity contribution in [1.82, 2.24) is 34.5 Å². The Labute approximate surface area is 395 Å². The van der Waals surface area contributed by atoms with E-state index in [-0.39, 0.29) is 0 Å². The van der Waals surface area contributed by atoms with Crippen molar-refractivity contribution in [2.45, 2.75) is 0 Å². The molecule has 4 heterocycles. The number of para-hydroxylation sites is 2. The van der Waals surface area contributed by atoms with Gasteiger partial charge < -0.3 is 4.57 Å². The lowest BCUT2D eigenvalue weighted by molar-refractivity contribution is 1.07. The fourth-order valence-electron chi connectivity index (χ4n) is 9.26. The van der Waals surface area contributed by atoms with Crippen molar-refractivity contribution in [3.63, 3.8) is 0 Å². The van der Waals surface area contributed by atoms with Crippen molar-refractivity contribution in [2.75, 3.05) is 0 Å². The summed E-state index contributed by atoms with van der Waals surface area (Å²) in [5.41, 5.74) is 10.5. The second-order valence-corrected chi connectivity index (χ2v) is 17.8. The molecule has 0 fully saturated rings. The van der Waals surface area contributed by atoms with Gasteiger partial charge >= 0.3 is 0 Å². The van der Waals surface area contributed by atoms with E-state index >= 15 is 0 Å². The monoisotopic (exact) mass is 887 g/mol. The van der Waals surface area contributed by atoms with Crippen molar-refractivity contribution in [3.05, 3.63) is 224 Å². The average Bonchev–Trinajstić information content (AvgIpc) is 3.96. The van der Waals surface area contributed by atoms with Crippen LogP contribution in [-0.4, -0.2) is 34.5 Å². The predicted molar refractivity (Wildman–Crippen MR) is 278 cm³/mol. The van der Waals surface area contributed by atoms with Crippen LogP contribution in [0, 0.1) is 0 Å². The molecule has 0 aliphatic carbocycles. The second kappa shape index (κ2) is 16.5. The Hall–Kier alpha value is -8.98. The van der Waals surface area contributed by atoms with Crippen molar-refractivity contribution < 1.29 is 0 Å². The summed E-state index contributed by atoms with van der Waals surface area (Å²) in [6.45, 7) is 0. The lowest BCUT2D eigenvalue weighted by atomic mass is 9.95. The number of rotatable bonds is 8. The smallest absolute Gasteiger partial charge is 0.164 e. The highest BCUT2D eigenvalue weighted by Crippen LogP contribution is 2.41. The molecule has 0 bridgehead atoms. The quantitative estimate of drug-likeness (QED) is 0.151. The fourth-order valence-corrected chi connectivity index (χ4v) is 10.3. The third kappa shape index (κ3) is 6.99. The molecule has 13 aromatic rings. The van der Waals surface area contributed by atoms with E-state index in [9.17, 15) is 0 Å². The highest BCUT2D eigenvalue weighted by atomic mass is 32.1. The van der Waals surface area contributed by atoms with E-state index in [0.717, 1.165) is 61.2 Å². The van der Waals surface area contributed by atoms with Gasteiger partial charge in [-0.3, -0.25) is 0 Å². The molecule has 0 amide bonds. The number of aromatic nitrogens is 7. The molecule has 0 radical (unpaired) electrons. The predicted octanol–water partition coefficient (Wildman–Crippen LogP) is 15.2. The maximum atomic E-state index is 5.28. The van der Waals surface area contributed by atoms with Crippen molar-refractivity contribution in [3.8, 4) is 85.1 Å². The zero-order valence-corrected chi connectivity index (χ0v) is 37.2. The van der Waals surface area contributed by atoms with Crippen LogP contribution in [0.5, 0.6) is 0 Å². The van der Waals surface area contributed by atoms with Crippen molar-refractivity contribution >= 4 is 53.3 Å². The Bertz CT molecular complexity index is 3960. The van der Waals surface area contributed by atoms with Gasteiger partial charge in [0.25, 0.3) is 0 Å². The van der Waals surface area contributed by atoms with Gasteiger partial charge in [0.2, 0.25) is 0 Å². The van der Waals surface area contributed by atoms with E-state index in [4.69, 9.17) is 29.9 Å². The highest BCUT2D eigenvalue weighted by molar-refractivity contribution is 7.25. The minimum absolute atomic E-state index is 0.533. The van der Waals surface area contributed by atoms with Gasteiger partial charge in [0.15, 0.2) is 34.9 Å². The Morgan fingerprint density at radius 3 is 1.35 bits per heavy atom. The van der Waals surface area contributed by atoms with Crippen molar-refractivity contribution in [1.29, 1.82) is 0 Å². The van der Waals surface area contributed by atoms with Crippen LogP contribution in [0.25, 0.3) is 127 Å². The summed E-state index contributed by atoms with van der Waals surface area (Å²) < 4.78 is 4.82. The summed E-state index contributed by atoms with van der Waals surface area (Å²) in [5, 5.41) is 4.76. The summed E-state index contributed by atoms with van der Waals surface area (Å²) in [7, 11) is 0. The highest BCUT2D eigenvalue weighted by Gasteiger charge is 2.21. The molecule has 4 aromatic heterocycles. The van der Waals surface area contributed by atoms with E-state index in [2.05, 4.69) is 138 Å². The summed E-state index contributed by atoms with van der Waals surface area (Å²) >= 11 is 1.79. The molecule has 318 valence electrons. The number of hydrogen-bond acceptors (Lipinski definition) is 7. The SMILES string of the molecule is c1ccc(-c2nc(-c3ccc(-c4ccc5c6ccccc6n(-c6ccccc6)c5c4)c(-c4nc(-c5ccccc5)nc(-c5ccccc5)n4)c3)nc(-c3ccc4sc5ccccc5c4c3)n2)cc1. The van der Waals surface area contributed by atoms with Gasteiger partial charge in [-0.1, -0.05) is 170 Å². The molecular weight excluding hydrogens is 851 g/mol. The second-order valence-electron chi connectivity index (χ2n) is 16.7. The maximum Gasteiger partial charge on any atom is 0.164 e. The molecule has 0 aliphatic rings. The standard InChI is InChI=1S/C60H37N7S/c1-5-17-38(18-6-1)55-62-58(64-59(63-55)43-31-34-54-49(35-43)48-26-14-16-28-53(48)68-54)42-30-32-45(41-29-33-47-46-25-13-15-27-51(46)67(52(47)37-41)44-23-11-4-12-24-44)50(36-42)60-65-56(39-19-7-2-8-20-39)61-57(66-60)40-21-9-3-10-22-40/h1-37H. The number of nitrogens with zero attached hydrogens (tertiary/aromatic N) is 7. The summed E-state index contributed by atoms with van der Waals surface area (Å²) in [5.74, 6) is 3.41. The lowest BCUT2D eigenvalue weighted by Crippen LogP contribution is -2.03. The molecule has 68 heavy (non-hydrogen) atoms. The molecule has 0 unspecified atom stereocenters.